The first-order valence-corrected chi connectivity index (χ1v) is 6.28. The average molecular weight is 299 g/mol. The molecule has 0 unspecified atom stereocenters. The van der Waals surface area contributed by atoms with Crippen LogP contribution in [0, 0.1) is 0 Å². The van der Waals surface area contributed by atoms with Gasteiger partial charge in [-0.2, -0.15) is 9.98 Å². The predicted molar refractivity (Wildman–Crippen MR) is 75.4 cm³/mol. The van der Waals surface area contributed by atoms with Gasteiger partial charge in [0.15, 0.2) is 0 Å². The smallest absolute Gasteiger partial charge is 0.291 e. The van der Waals surface area contributed by atoms with Crippen molar-refractivity contribution in [2.75, 3.05) is 14.1 Å². The largest absolute Gasteiger partial charge is 0.369 e. The highest BCUT2D eigenvalue weighted by molar-refractivity contribution is 6.36. The third-order valence-electron chi connectivity index (χ3n) is 2.25. The predicted octanol–water partition coefficient (Wildman–Crippen LogP) is 3.19. The van der Waals surface area contributed by atoms with Crippen LogP contribution in [0.1, 0.15) is 11.5 Å². The molecule has 0 aliphatic carbocycles. The molecule has 0 amide bonds. The van der Waals surface area contributed by atoms with Crippen molar-refractivity contribution < 1.29 is 4.52 Å². The maximum absolute atomic E-state index is 6.08. The van der Waals surface area contributed by atoms with Gasteiger partial charge in [-0.05, 0) is 22.9 Å². The van der Waals surface area contributed by atoms with Gasteiger partial charge in [0.1, 0.15) is 0 Å². The van der Waals surface area contributed by atoms with Crippen LogP contribution in [0.15, 0.2) is 27.7 Å². The van der Waals surface area contributed by atoms with Crippen LogP contribution in [0.5, 0.6) is 0 Å². The molecular formula is C12H12Cl2N4O. The second-order valence-electron chi connectivity index (χ2n) is 4.07. The molecule has 0 spiro atoms. The summed E-state index contributed by atoms with van der Waals surface area (Å²) in [4.78, 5) is 9.95. The Morgan fingerprint density at radius 3 is 2.63 bits per heavy atom. The number of hydrogen-bond donors (Lipinski definition) is 0. The van der Waals surface area contributed by atoms with Crippen LogP contribution in [0.25, 0.3) is 0 Å². The highest BCUT2D eigenvalue weighted by Gasteiger charge is 2.11. The first kappa shape index (κ1) is 13.8. The van der Waals surface area contributed by atoms with Crippen LogP contribution >= 0.6 is 23.2 Å². The van der Waals surface area contributed by atoms with Crippen molar-refractivity contribution >= 4 is 35.5 Å². The van der Waals surface area contributed by atoms with E-state index < -0.39 is 0 Å². The lowest BCUT2D eigenvalue weighted by Crippen LogP contribution is -2.07. The van der Waals surface area contributed by atoms with Crippen molar-refractivity contribution in [1.82, 2.24) is 15.0 Å². The summed E-state index contributed by atoms with van der Waals surface area (Å²) in [7, 11) is 3.71. The van der Waals surface area contributed by atoms with Gasteiger partial charge >= 0.3 is 0 Å². The molecule has 19 heavy (non-hydrogen) atoms. The molecule has 0 aliphatic heterocycles. The minimum absolute atomic E-state index is 0.270. The molecule has 1 aromatic carbocycles. The van der Waals surface area contributed by atoms with E-state index in [9.17, 15) is 0 Å². The van der Waals surface area contributed by atoms with Crippen LogP contribution in [0.4, 0.5) is 5.95 Å². The van der Waals surface area contributed by atoms with Crippen LogP contribution in [-0.2, 0) is 6.42 Å². The highest BCUT2D eigenvalue weighted by Crippen LogP contribution is 2.26. The highest BCUT2D eigenvalue weighted by atomic mass is 35.5. The number of rotatable bonds is 4. The van der Waals surface area contributed by atoms with Gasteiger partial charge in [-0.15, -0.1) is 0 Å². The SMILES string of the molecule is CN(C)C=Nc1noc(Cc2c(Cl)cccc2Cl)n1. The summed E-state index contributed by atoms with van der Waals surface area (Å²) in [5, 5.41) is 4.89. The molecule has 0 saturated carbocycles. The molecule has 7 heteroatoms. The molecule has 100 valence electrons. The van der Waals surface area contributed by atoms with Crippen molar-refractivity contribution in [3.8, 4) is 0 Å². The Bertz CT molecular complexity index is 575. The Morgan fingerprint density at radius 2 is 2.00 bits per heavy atom. The van der Waals surface area contributed by atoms with Crippen molar-refractivity contribution in [1.29, 1.82) is 0 Å². The molecule has 2 aromatic rings. The van der Waals surface area contributed by atoms with E-state index in [2.05, 4.69) is 15.1 Å². The van der Waals surface area contributed by atoms with Gasteiger partial charge in [0.2, 0.25) is 5.89 Å². The van der Waals surface area contributed by atoms with Crippen molar-refractivity contribution in [2.24, 2.45) is 4.99 Å². The van der Waals surface area contributed by atoms with E-state index in [0.717, 1.165) is 5.56 Å². The molecule has 0 radical (unpaired) electrons. The van der Waals surface area contributed by atoms with Gasteiger partial charge < -0.3 is 9.42 Å². The molecule has 2 rings (SSSR count). The van der Waals surface area contributed by atoms with E-state index in [1.54, 1.807) is 29.4 Å². The second kappa shape index (κ2) is 6.04. The lowest BCUT2D eigenvalue weighted by Gasteiger charge is -2.02. The van der Waals surface area contributed by atoms with Crippen molar-refractivity contribution in [3.05, 3.63) is 39.7 Å². The quantitative estimate of drug-likeness (QED) is 0.642. The molecule has 0 aliphatic rings. The zero-order chi connectivity index (χ0) is 13.8. The van der Waals surface area contributed by atoms with Gasteiger partial charge in [0.25, 0.3) is 5.95 Å². The standard InChI is InChI=1S/C12H12Cl2N4O/c1-18(2)7-15-12-16-11(19-17-12)6-8-9(13)4-3-5-10(8)14/h3-5,7H,6H2,1-2H3. The maximum atomic E-state index is 6.08. The van der Waals surface area contributed by atoms with Gasteiger partial charge in [-0.25, -0.2) is 0 Å². The Labute approximate surface area is 120 Å². The molecule has 0 N–H and O–H groups in total. The van der Waals surface area contributed by atoms with Gasteiger partial charge in [-0.1, -0.05) is 29.3 Å². The van der Waals surface area contributed by atoms with E-state index in [0.29, 0.717) is 22.4 Å². The zero-order valence-corrected chi connectivity index (χ0v) is 12.0. The van der Waals surface area contributed by atoms with Gasteiger partial charge in [0.05, 0.1) is 12.8 Å². The van der Waals surface area contributed by atoms with Crippen molar-refractivity contribution in [3.63, 3.8) is 0 Å². The molecule has 0 saturated heterocycles. The summed E-state index contributed by atoms with van der Waals surface area (Å²) in [6.07, 6.45) is 1.97. The molecule has 0 fully saturated rings. The van der Waals surface area contributed by atoms with Gasteiger partial charge in [-0.3, -0.25) is 0 Å². The fourth-order valence-electron chi connectivity index (χ4n) is 1.39. The van der Waals surface area contributed by atoms with Crippen LogP contribution in [0.2, 0.25) is 10.0 Å². The average Bonchev–Trinajstić information content (AvgIpc) is 2.79. The lowest BCUT2D eigenvalue weighted by atomic mass is 10.1. The zero-order valence-electron chi connectivity index (χ0n) is 10.5. The van der Waals surface area contributed by atoms with E-state index in [-0.39, 0.29) is 5.95 Å². The summed E-state index contributed by atoms with van der Waals surface area (Å²) in [5.74, 6) is 0.688. The number of halogens is 2. The second-order valence-corrected chi connectivity index (χ2v) is 4.89. The summed E-state index contributed by atoms with van der Waals surface area (Å²) in [5.41, 5.74) is 0.762. The monoisotopic (exact) mass is 298 g/mol. The Kier molecular flexibility index (Phi) is 4.39. The lowest BCUT2D eigenvalue weighted by molar-refractivity contribution is 0.385. The maximum Gasteiger partial charge on any atom is 0.291 e. The summed E-state index contributed by atoms with van der Waals surface area (Å²) in [6.45, 7) is 0. The van der Waals surface area contributed by atoms with E-state index in [1.807, 2.05) is 14.1 Å². The summed E-state index contributed by atoms with van der Waals surface area (Å²) < 4.78 is 5.10. The first-order valence-electron chi connectivity index (χ1n) is 5.52. The number of benzene rings is 1. The normalized spacial score (nSPS) is 11.2. The molecule has 1 heterocycles. The van der Waals surface area contributed by atoms with Gasteiger partial charge in [0, 0.05) is 24.1 Å². The van der Waals surface area contributed by atoms with E-state index >= 15 is 0 Å². The summed E-state index contributed by atoms with van der Waals surface area (Å²) in [6, 6.07) is 5.32. The fourth-order valence-corrected chi connectivity index (χ4v) is 1.92. The minimum Gasteiger partial charge on any atom is -0.369 e. The number of aromatic nitrogens is 2. The number of nitrogens with zero attached hydrogens (tertiary/aromatic N) is 4. The first-order chi connectivity index (χ1) is 9.06. The summed E-state index contributed by atoms with van der Waals surface area (Å²) >= 11 is 12.2. The third-order valence-corrected chi connectivity index (χ3v) is 2.96. The number of hydrogen-bond acceptors (Lipinski definition) is 4. The third kappa shape index (κ3) is 3.68. The van der Waals surface area contributed by atoms with E-state index in [1.165, 1.54) is 0 Å². The Hall–Kier alpha value is -1.59. The Balaban J connectivity index is 2.16. The molecule has 0 atom stereocenters. The van der Waals surface area contributed by atoms with Crippen LogP contribution in [-0.4, -0.2) is 35.5 Å². The molecule has 5 nitrogen and oxygen atoms in total. The minimum atomic E-state index is 0.270. The fraction of sp³-hybridized carbons (Fsp3) is 0.250. The Morgan fingerprint density at radius 1 is 1.32 bits per heavy atom. The van der Waals surface area contributed by atoms with E-state index in [4.69, 9.17) is 27.7 Å². The molecular weight excluding hydrogens is 287 g/mol. The van der Waals surface area contributed by atoms with Crippen LogP contribution in [0.3, 0.4) is 0 Å². The number of aliphatic imine (C=N–C) groups is 1. The van der Waals surface area contributed by atoms with Crippen molar-refractivity contribution in [2.45, 2.75) is 6.42 Å². The molecule has 0 bridgehead atoms. The molecule has 1 aromatic heterocycles. The van der Waals surface area contributed by atoms with Crippen LogP contribution < -0.4 is 0 Å². The topological polar surface area (TPSA) is 54.5 Å².